The third-order valence-corrected chi connectivity index (χ3v) is 7.29. The van der Waals surface area contributed by atoms with Crippen LogP contribution in [0.2, 0.25) is 0 Å². The lowest BCUT2D eigenvalue weighted by atomic mass is 9.97. The minimum Gasteiger partial charge on any atom is -0.305 e. The molecule has 0 radical (unpaired) electrons. The molecule has 1 aliphatic heterocycles. The molecule has 39 heavy (non-hydrogen) atoms. The fourth-order valence-electron chi connectivity index (χ4n) is 5.00. The lowest BCUT2D eigenvalue weighted by Gasteiger charge is -2.39. The maximum Gasteiger partial charge on any atom is 0.277 e. The van der Waals surface area contributed by atoms with E-state index in [9.17, 15) is 10.1 Å². The molecule has 3 aromatic rings. The highest BCUT2D eigenvalue weighted by Gasteiger charge is 2.23. The summed E-state index contributed by atoms with van der Waals surface area (Å²) < 4.78 is 1.86. The number of likely N-dealkylation sites (tertiary alicyclic amines) is 1. The van der Waals surface area contributed by atoms with Gasteiger partial charge in [-0.1, -0.05) is 85.1 Å². The Labute approximate surface area is 237 Å². The largest absolute Gasteiger partial charge is 0.305 e. The Kier molecular flexibility index (Phi) is 16.0. The quantitative estimate of drug-likeness (QED) is 0.272. The van der Waals surface area contributed by atoms with Crippen LogP contribution >= 0.6 is 0 Å². The second kappa shape index (κ2) is 18.3. The zero-order valence-electron chi connectivity index (χ0n) is 24.5. The van der Waals surface area contributed by atoms with Crippen LogP contribution in [-0.4, -0.2) is 33.1 Å². The second-order valence-electron chi connectivity index (χ2n) is 10.0. The zero-order chi connectivity index (χ0) is 27.9. The van der Waals surface area contributed by atoms with Gasteiger partial charge in [-0.2, -0.15) is 5.26 Å². The third kappa shape index (κ3) is 9.62. The number of aryl methyl sites for hydroxylation is 1. The molecule has 1 aliphatic rings. The van der Waals surface area contributed by atoms with Gasteiger partial charge in [0.15, 0.2) is 0 Å². The van der Waals surface area contributed by atoms with Crippen LogP contribution in [0.1, 0.15) is 106 Å². The molecule has 0 amide bonds. The van der Waals surface area contributed by atoms with E-state index < -0.39 is 0 Å². The molecule has 5 heteroatoms. The number of para-hydroxylation sites is 2. The van der Waals surface area contributed by atoms with Gasteiger partial charge >= 0.3 is 0 Å². The average Bonchev–Trinajstić information content (AvgIpc) is 2.96. The SMILES string of the molecule is C.CC.CC1CCCC(C)N1CCCCCn1c(=O)c(-c2cccc(C#N)c2)nc2ccccc21.CCCC. The highest BCUT2D eigenvalue weighted by Crippen LogP contribution is 2.23. The van der Waals surface area contributed by atoms with Gasteiger partial charge in [-0.25, -0.2) is 4.98 Å². The fraction of sp³-hybridized carbons (Fsp3) is 0.559. The molecule has 2 atom stereocenters. The van der Waals surface area contributed by atoms with Crippen LogP contribution in [0.25, 0.3) is 22.3 Å². The summed E-state index contributed by atoms with van der Waals surface area (Å²) in [5.74, 6) is 0. The maximum absolute atomic E-state index is 13.4. The molecule has 0 bridgehead atoms. The van der Waals surface area contributed by atoms with Crippen molar-refractivity contribution in [3.63, 3.8) is 0 Å². The van der Waals surface area contributed by atoms with Crippen molar-refractivity contribution in [1.29, 1.82) is 5.26 Å². The summed E-state index contributed by atoms with van der Waals surface area (Å²) in [5, 5.41) is 9.24. The molecule has 1 aromatic heterocycles. The molecule has 5 nitrogen and oxygen atoms in total. The van der Waals surface area contributed by atoms with Gasteiger partial charge in [0.1, 0.15) is 5.69 Å². The summed E-state index contributed by atoms with van der Waals surface area (Å²) in [6.07, 6.45) is 9.80. The van der Waals surface area contributed by atoms with Gasteiger partial charge in [-0.3, -0.25) is 9.69 Å². The Morgan fingerprint density at radius 1 is 0.923 bits per heavy atom. The minimum absolute atomic E-state index is 0. The molecule has 214 valence electrons. The summed E-state index contributed by atoms with van der Waals surface area (Å²) in [6.45, 7) is 14.9. The predicted octanol–water partition coefficient (Wildman–Crippen LogP) is 8.84. The first-order chi connectivity index (χ1) is 18.5. The van der Waals surface area contributed by atoms with Gasteiger partial charge in [0.05, 0.1) is 22.7 Å². The molecule has 2 aromatic carbocycles. The number of piperidine rings is 1. The highest BCUT2D eigenvalue weighted by molar-refractivity contribution is 5.78. The van der Waals surface area contributed by atoms with E-state index >= 15 is 0 Å². The standard InChI is InChI=1S/C27H32N4O.C4H10.C2H6.CH4/c1-20-10-8-11-21(2)30(20)16-6-3-7-17-31-25-15-5-4-14-24(25)29-26(27(31)32)23-13-9-12-22(18-23)19-28;1-3-4-2;1-2;/h4-5,9,12-15,18,20-21H,3,6-8,10-11,16-17H2,1-2H3;3-4H2,1-2H3;1-2H3;1H4. The van der Waals surface area contributed by atoms with E-state index in [0.717, 1.165) is 36.8 Å². The number of fused-ring (bicyclic) bond motifs is 1. The van der Waals surface area contributed by atoms with Gasteiger partial charge < -0.3 is 4.57 Å². The fourth-order valence-corrected chi connectivity index (χ4v) is 5.00. The Morgan fingerprint density at radius 2 is 1.56 bits per heavy atom. The number of aromatic nitrogens is 2. The van der Waals surface area contributed by atoms with Crippen LogP contribution in [0.4, 0.5) is 0 Å². The van der Waals surface area contributed by atoms with Gasteiger partial charge in [-0.15, -0.1) is 0 Å². The van der Waals surface area contributed by atoms with Gasteiger partial charge in [0.25, 0.3) is 5.56 Å². The van der Waals surface area contributed by atoms with Crippen LogP contribution < -0.4 is 5.56 Å². The van der Waals surface area contributed by atoms with Crippen molar-refractivity contribution in [3.8, 4) is 17.3 Å². The van der Waals surface area contributed by atoms with Crippen molar-refractivity contribution in [1.82, 2.24) is 14.5 Å². The number of benzene rings is 2. The summed E-state index contributed by atoms with van der Waals surface area (Å²) >= 11 is 0. The Hall–Kier alpha value is -2.97. The molecular formula is C34H52N4O. The lowest BCUT2D eigenvalue weighted by molar-refractivity contribution is 0.101. The van der Waals surface area contributed by atoms with Crippen LogP contribution in [-0.2, 0) is 6.54 Å². The maximum atomic E-state index is 13.4. The van der Waals surface area contributed by atoms with Crippen molar-refractivity contribution < 1.29 is 0 Å². The summed E-state index contributed by atoms with van der Waals surface area (Å²) in [7, 11) is 0. The van der Waals surface area contributed by atoms with E-state index in [4.69, 9.17) is 0 Å². The Balaban J connectivity index is 0.000000997. The molecule has 2 heterocycles. The van der Waals surface area contributed by atoms with Crippen LogP contribution in [0.5, 0.6) is 0 Å². The van der Waals surface area contributed by atoms with Crippen molar-refractivity contribution in [2.24, 2.45) is 0 Å². The number of rotatable bonds is 8. The lowest BCUT2D eigenvalue weighted by Crippen LogP contribution is -2.44. The molecule has 1 saturated heterocycles. The van der Waals surface area contributed by atoms with E-state index in [1.54, 1.807) is 18.2 Å². The van der Waals surface area contributed by atoms with Crippen molar-refractivity contribution >= 4 is 11.0 Å². The zero-order valence-corrected chi connectivity index (χ0v) is 24.5. The number of hydrogen-bond donors (Lipinski definition) is 0. The predicted molar refractivity (Wildman–Crippen MR) is 168 cm³/mol. The van der Waals surface area contributed by atoms with E-state index in [1.165, 1.54) is 32.1 Å². The molecule has 0 aliphatic carbocycles. The first-order valence-corrected chi connectivity index (χ1v) is 14.8. The molecule has 0 spiro atoms. The number of hydrogen-bond acceptors (Lipinski definition) is 4. The highest BCUT2D eigenvalue weighted by atomic mass is 16.1. The van der Waals surface area contributed by atoms with Gasteiger partial charge in [0, 0.05) is 24.2 Å². The number of unbranched alkanes of at least 4 members (excludes halogenated alkanes) is 3. The van der Waals surface area contributed by atoms with E-state index in [2.05, 4.69) is 43.6 Å². The molecule has 1 fully saturated rings. The van der Waals surface area contributed by atoms with Crippen molar-refractivity contribution in [2.45, 2.75) is 119 Å². The van der Waals surface area contributed by atoms with E-state index in [0.29, 0.717) is 35.4 Å². The normalized spacial score (nSPS) is 16.6. The molecule has 4 rings (SSSR count). The van der Waals surface area contributed by atoms with E-state index in [-0.39, 0.29) is 13.0 Å². The monoisotopic (exact) mass is 532 g/mol. The van der Waals surface area contributed by atoms with Crippen LogP contribution in [0.15, 0.2) is 53.3 Å². The van der Waals surface area contributed by atoms with Crippen molar-refractivity contribution in [3.05, 3.63) is 64.4 Å². The Bertz CT molecular complexity index is 1200. The molecule has 0 N–H and O–H groups in total. The van der Waals surface area contributed by atoms with Gasteiger partial charge in [0.2, 0.25) is 0 Å². The van der Waals surface area contributed by atoms with Crippen LogP contribution in [0.3, 0.4) is 0 Å². The smallest absolute Gasteiger partial charge is 0.277 e. The molecule has 0 saturated carbocycles. The average molecular weight is 533 g/mol. The summed E-state index contributed by atoms with van der Waals surface area (Å²) in [6, 6.07) is 18.5. The van der Waals surface area contributed by atoms with Crippen LogP contribution in [0, 0.1) is 11.3 Å². The Morgan fingerprint density at radius 3 is 2.21 bits per heavy atom. The third-order valence-electron chi connectivity index (χ3n) is 7.29. The topological polar surface area (TPSA) is 61.9 Å². The summed E-state index contributed by atoms with van der Waals surface area (Å²) in [5.41, 5.74) is 3.23. The van der Waals surface area contributed by atoms with Gasteiger partial charge in [-0.05, 0) is 70.3 Å². The molecular weight excluding hydrogens is 480 g/mol. The first-order valence-electron chi connectivity index (χ1n) is 14.8. The minimum atomic E-state index is -0.0861. The second-order valence-corrected chi connectivity index (χ2v) is 10.0. The number of nitrogens with zero attached hydrogens (tertiary/aromatic N) is 4. The van der Waals surface area contributed by atoms with E-state index in [1.807, 2.05) is 48.7 Å². The summed E-state index contributed by atoms with van der Waals surface area (Å²) in [4.78, 5) is 20.7. The first kappa shape index (κ1) is 34.1. The number of nitriles is 1. The van der Waals surface area contributed by atoms with Crippen molar-refractivity contribution in [2.75, 3.05) is 6.54 Å². The molecule has 2 unspecified atom stereocenters.